The molecule has 1 heterocycles. The van der Waals surface area contributed by atoms with Crippen LogP contribution in [-0.4, -0.2) is 10.2 Å². The predicted octanol–water partition coefficient (Wildman–Crippen LogP) is 1.56. The van der Waals surface area contributed by atoms with E-state index in [9.17, 15) is 0 Å². The molecule has 13 heavy (non-hydrogen) atoms. The van der Waals surface area contributed by atoms with Gasteiger partial charge in [0.1, 0.15) is 0 Å². The molecule has 0 fully saturated rings. The van der Waals surface area contributed by atoms with Crippen molar-refractivity contribution in [3.8, 4) is 0 Å². The van der Waals surface area contributed by atoms with Crippen LogP contribution in [0.25, 0.3) is 0 Å². The second-order valence-corrected chi connectivity index (χ2v) is 3.39. The monoisotopic (exact) mass is 201 g/mol. The molecule has 0 saturated heterocycles. The summed E-state index contributed by atoms with van der Waals surface area (Å²) in [5, 5.41) is 7.30. The second-order valence-electron chi connectivity index (χ2n) is 3.39. The summed E-state index contributed by atoms with van der Waals surface area (Å²) in [6.45, 7) is 0.575. The van der Waals surface area contributed by atoms with E-state index in [1.807, 2.05) is 0 Å². The lowest BCUT2D eigenvalue weighted by Gasteiger charge is -1.97. The topological polar surface area (TPSA) is 54.7 Å². The van der Waals surface area contributed by atoms with Gasteiger partial charge in [-0.05, 0) is 31.2 Å². The molecule has 1 aromatic rings. The van der Waals surface area contributed by atoms with Crippen molar-refractivity contribution in [2.24, 2.45) is 5.73 Å². The Morgan fingerprint density at radius 1 is 1.23 bits per heavy atom. The second kappa shape index (κ2) is 4.63. The minimum atomic E-state index is 0. The molecule has 74 valence electrons. The van der Waals surface area contributed by atoms with Gasteiger partial charge in [0, 0.05) is 12.2 Å². The fraction of sp³-hybridized carbons (Fsp3) is 0.667. The Morgan fingerprint density at radius 3 is 2.77 bits per heavy atom. The molecule has 1 aromatic heterocycles. The lowest BCUT2D eigenvalue weighted by atomic mass is 10.1. The maximum atomic E-state index is 5.59. The standard InChI is InChI=1S/C9H15N3.ClH/c10-6-9-7-4-2-1-3-5-8(7)11-12-9;/h1-6,10H2,(H,11,12);1H. The summed E-state index contributed by atoms with van der Waals surface area (Å²) < 4.78 is 0. The first-order chi connectivity index (χ1) is 5.92. The van der Waals surface area contributed by atoms with E-state index >= 15 is 0 Å². The number of nitrogens with two attached hydrogens (primary N) is 1. The molecule has 0 saturated carbocycles. The number of aryl methyl sites for hydroxylation is 1. The zero-order valence-electron chi connectivity index (χ0n) is 7.68. The number of aromatic amines is 1. The van der Waals surface area contributed by atoms with Crippen LogP contribution in [0.3, 0.4) is 0 Å². The van der Waals surface area contributed by atoms with Crippen molar-refractivity contribution >= 4 is 12.4 Å². The van der Waals surface area contributed by atoms with Crippen molar-refractivity contribution in [3.05, 3.63) is 17.0 Å². The summed E-state index contributed by atoms with van der Waals surface area (Å²) in [4.78, 5) is 0. The largest absolute Gasteiger partial charge is 0.325 e. The number of aromatic nitrogens is 2. The fourth-order valence-corrected chi connectivity index (χ4v) is 1.90. The van der Waals surface area contributed by atoms with Crippen LogP contribution in [-0.2, 0) is 19.4 Å². The highest BCUT2D eigenvalue weighted by atomic mass is 35.5. The first kappa shape index (κ1) is 10.5. The van der Waals surface area contributed by atoms with E-state index in [1.165, 1.54) is 36.9 Å². The highest BCUT2D eigenvalue weighted by Crippen LogP contribution is 2.20. The summed E-state index contributed by atoms with van der Waals surface area (Å²) in [6.07, 6.45) is 6.24. The molecular formula is C9H16ClN3. The third-order valence-electron chi connectivity index (χ3n) is 2.59. The summed E-state index contributed by atoms with van der Waals surface area (Å²) in [5.74, 6) is 0. The summed E-state index contributed by atoms with van der Waals surface area (Å²) in [5.41, 5.74) is 9.39. The highest BCUT2D eigenvalue weighted by molar-refractivity contribution is 5.85. The van der Waals surface area contributed by atoms with Gasteiger partial charge in [0.2, 0.25) is 0 Å². The predicted molar refractivity (Wildman–Crippen MR) is 55.0 cm³/mol. The first-order valence-corrected chi connectivity index (χ1v) is 4.67. The molecular weight excluding hydrogens is 186 g/mol. The number of H-pyrrole nitrogens is 1. The number of halogens is 1. The molecule has 0 atom stereocenters. The number of hydrogen-bond acceptors (Lipinski definition) is 2. The van der Waals surface area contributed by atoms with Gasteiger partial charge in [-0.1, -0.05) is 6.42 Å². The van der Waals surface area contributed by atoms with Crippen LogP contribution in [0.15, 0.2) is 0 Å². The van der Waals surface area contributed by atoms with Gasteiger partial charge in [-0.25, -0.2) is 0 Å². The molecule has 0 aromatic carbocycles. The molecule has 0 spiro atoms. The lowest BCUT2D eigenvalue weighted by Crippen LogP contribution is -2.00. The number of nitrogens with one attached hydrogen (secondary N) is 1. The minimum Gasteiger partial charge on any atom is -0.325 e. The summed E-state index contributed by atoms with van der Waals surface area (Å²) in [7, 11) is 0. The van der Waals surface area contributed by atoms with Gasteiger partial charge in [0.15, 0.2) is 0 Å². The molecule has 0 radical (unpaired) electrons. The van der Waals surface area contributed by atoms with Crippen molar-refractivity contribution in [1.82, 2.24) is 10.2 Å². The van der Waals surface area contributed by atoms with Crippen LogP contribution < -0.4 is 5.73 Å². The zero-order valence-corrected chi connectivity index (χ0v) is 8.49. The third-order valence-corrected chi connectivity index (χ3v) is 2.59. The Bertz CT molecular complexity index is 270. The van der Waals surface area contributed by atoms with Crippen molar-refractivity contribution in [1.29, 1.82) is 0 Å². The average Bonchev–Trinajstić information content (AvgIpc) is 2.33. The van der Waals surface area contributed by atoms with Crippen molar-refractivity contribution in [3.63, 3.8) is 0 Å². The summed E-state index contributed by atoms with van der Waals surface area (Å²) in [6, 6.07) is 0. The van der Waals surface area contributed by atoms with E-state index in [2.05, 4.69) is 10.2 Å². The Hall–Kier alpha value is -0.540. The van der Waals surface area contributed by atoms with E-state index in [4.69, 9.17) is 5.73 Å². The fourth-order valence-electron chi connectivity index (χ4n) is 1.90. The third kappa shape index (κ3) is 2.03. The van der Waals surface area contributed by atoms with Gasteiger partial charge in [-0.15, -0.1) is 12.4 Å². The van der Waals surface area contributed by atoms with Crippen LogP contribution in [0.5, 0.6) is 0 Å². The molecule has 0 aliphatic heterocycles. The Morgan fingerprint density at radius 2 is 2.00 bits per heavy atom. The average molecular weight is 202 g/mol. The Labute approximate surface area is 84.5 Å². The molecule has 3 N–H and O–H groups in total. The molecule has 1 aliphatic carbocycles. The van der Waals surface area contributed by atoms with Crippen molar-refractivity contribution in [2.75, 3.05) is 0 Å². The first-order valence-electron chi connectivity index (χ1n) is 4.67. The summed E-state index contributed by atoms with van der Waals surface area (Å²) >= 11 is 0. The van der Waals surface area contributed by atoms with E-state index < -0.39 is 0 Å². The van der Waals surface area contributed by atoms with Gasteiger partial charge >= 0.3 is 0 Å². The molecule has 0 unspecified atom stereocenters. The van der Waals surface area contributed by atoms with Crippen LogP contribution in [0.1, 0.15) is 36.2 Å². The molecule has 2 rings (SSSR count). The molecule has 1 aliphatic rings. The van der Waals surface area contributed by atoms with Crippen molar-refractivity contribution < 1.29 is 0 Å². The van der Waals surface area contributed by atoms with Crippen molar-refractivity contribution in [2.45, 2.75) is 38.6 Å². The van der Waals surface area contributed by atoms with Gasteiger partial charge in [0.05, 0.1) is 5.69 Å². The van der Waals surface area contributed by atoms with Crippen LogP contribution >= 0.6 is 12.4 Å². The normalized spacial score (nSPS) is 15.8. The van der Waals surface area contributed by atoms with Crippen LogP contribution in [0.2, 0.25) is 0 Å². The maximum Gasteiger partial charge on any atom is 0.0792 e. The molecule has 0 bridgehead atoms. The SMILES string of the molecule is Cl.NCc1n[nH]c2c1CCCCC2. The van der Waals surface area contributed by atoms with E-state index in [1.54, 1.807) is 0 Å². The molecule has 0 amide bonds. The van der Waals surface area contributed by atoms with E-state index in [0.29, 0.717) is 6.54 Å². The van der Waals surface area contributed by atoms with Crippen LogP contribution in [0.4, 0.5) is 0 Å². The number of nitrogens with zero attached hydrogens (tertiary/aromatic N) is 1. The van der Waals surface area contributed by atoms with Crippen LogP contribution in [0, 0.1) is 0 Å². The Kier molecular flexibility index (Phi) is 3.75. The molecule has 4 heteroatoms. The lowest BCUT2D eigenvalue weighted by molar-refractivity contribution is 0.698. The Balaban J connectivity index is 0.000000845. The maximum absolute atomic E-state index is 5.59. The number of rotatable bonds is 1. The number of fused-ring (bicyclic) bond motifs is 1. The minimum absolute atomic E-state index is 0. The van der Waals surface area contributed by atoms with Gasteiger partial charge < -0.3 is 5.73 Å². The molecule has 3 nitrogen and oxygen atoms in total. The smallest absolute Gasteiger partial charge is 0.0792 e. The van der Waals surface area contributed by atoms with Gasteiger partial charge in [-0.3, -0.25) is 5.10 Å². The van der Waals surface area contributed by atoms with Gasteiger partial charge in [-0.2, -0.15) is 5.10 Å². The zero-order chi connectivity index (χ0) is 8.39. The number of hydrogen-bond donors (Lipinski definition) is 2. The van der Waals surface area contributed by atoms with E-state index in [-0.39, 0.29) is 12.4 Å². The van der Waals surface area contributed by atoms with Gasteiger partial charge in [0.25, 0.3) is 0 Å². The van der Waals surface area contributed by atoms with E-state index in [0.717, 1.165) is 12.1 Å². The highest BCUT2D eigenvalue weighted by Gasteiger charge is 2.13. The quantitative estimate of drug-likeness (QED) is 0.678.